The van der Waals surface area contributed by atoms with E-state index >= 15 is 0 Å². The third-order valence-corrected chi connectivity index (χ3v) is 4.17. The molecule has 0 heterocycles. The molecule has 178 valence electrons. The van der Waals surface area contributed by atoms with Crippen LogP contribution in [0, 0.1) is 6.92 Å². The maximum absolute atomic E-state index is 12.7. The third-order valence-electron chi connectivity index (χ3n) is 4.17. The molecule has 1 atom stereocenters. The molecule has 10 heteroatoms. The van der Waals surface area contributed by atoms with Crippen LogP contribution in [0.2, 0.25) is 0 Å². The summed E-state index contributed by atoms with van der Waals surface area (Å²) in [5.41, 5.74) is 1.51. The van der Waals surface area contributed by atoms with Crippen molar-refractivity contribution in [3.05, 3.63) is 53.6 Å². The fourth-order valence-electron chi connectivity index (χ4n) is 2.69. The van der Waals surface area contributed by atoms with Gasteiger partial charge in [-0.15, -0.1) is 24.0 Å². The number of aliphatic imine (C=N–C) groups is 1. The van der Waals surface area contributed by atoms with Crippen molar-refractivity contribution < 1.29 is 28.1 Å². The number of aryl methyl sites for hydroxylation is 1. The number of benzene rings is 2. The average Bonchev–Trinajstić information content (AvgIpc) is 2.74. The highest BCUT2D eigenvalue weighted by atomic mass is 127. The molecule has 2 aromatic carbocycles. The van der Waals surface area contributed by atoms with Gasteiger partial charge in [0.25, 0.3) is 0 Å². The van der Waals surface area contributed by atoms with E-state index in [1.807, 2.05) is 38.1 Å². The lowest BCUT2D eigenvalue weighted by Crippen LogP contribution is -2.42. The van der Waals surface area contributed by atoms with Crippen molar-refractivity contribution in [2.45, 2.75) is 33.1 Å². The van der Waals surface area contributed by atoms with Gasteiger partial charge in [-0.3, -0.25) is 0 Å². The Hall–Kier alpha value is -2.34. The molecule has 0 radical (unpaired) electrons. The van der Waals surface area contributed by atoms with E-state index in [0.29, 0.717) is 29.6 Å². The van der Waals surface area contributed by atoms with Gasteiger partial charge in [0, 0.05) is 18.7 Å². The molecule has 3 N–H and O–H groups in total. The summed E-state index contributed by atoms with van der Waals surface area (Å²) in [6.45, 7) is 1.88. The van der Waals surface area contributed by atoms with E-state index in [1.165, 1.54) is 13.2 Å². The molecule has 0 amide bonds. The van der Waals surface area contributed by atoms with Crippen molar-refractivity contribution in [1.82, 2.24) is 10.6 Å². The summed E-state index contributed by atoms with van der Waals surface area (Å²) in [5.74, 6) is 1.64. The zero-order valence-corrected chi connectivity index (χ0v) is 20.6. The van der Waals surface area contributed by atoms with Crippen molar-refractivity contribution in [1.29, 1.82) is 0 Å². The van der Waals surface area contributed by atoms with Crippen molar-refractivity contribution in [2.75, 3.05) is 26.8 Å². The molecule has 1 unspecified atom stereocenters. The Morgan fingerprint density at radius 3 is 2.56 bits per heavy atom. The Morgan fingerprint density at radius 1 is 1.12 bits per heavy atom. The first-order valence-electron chi connectivity index (χ1n) is 9.92. The molecule has 2 rings (SSSR count). The highest BCUT2D eigenvalue weighted by Crippen LogP contribution is 2.26. The number of nitrogens with zero attached hydrogens (tertiary/aromatic N) is 1. The smallest absolute Gasteiger partial charge is 0.387 e. The van der Waals surface area contributed by atoms with E-state index in [-0.39, 0.29) is 49.4 Å². The summed E-state index contributed by atoms with van der Waals surface area (Å²) in [5, 5.41) is 16.3. The number of aliphatic hydroxyl groups excluding tert-OH is 1. The minimum Gasteiger partial charge on any atom is -0.497 e. The van der Waals surface area contributed by atoms with E-state index in [2.05, 4.69) is 20.4 Å². The minimum atomic E-state index is -2.94. The summed E-state index contributed by atoms with van der Waals surface area (Å²) >= 11 is 0. The standard InChI is InChI=1S/C22H29F2N3O4.HI/c1-4-25-22(27-13-17(28)14-30-19-7-5-6-15(2)10-19)26-12-16-11-18(29-3)8-9-20(16)31-21(23)24;/h5-11,17,21,28H,4,12-14H2,1-3H3,(H2,25,26,27);1H. The summed E-state index contributed by atoms with van der Waals surface area (Å²) < 4.78 is 40.7. The number of guanidine groups is 1. The van der Waals surface area contributed by atoms with Gasteiger partial charge in [-0.05, 0) is 49.7 Å². The second kappa shape index (κ2) is 14.7. The number of ether oxygens (including phenoxy) is 3. The number of rotatable bonds is 11. The lowest BCUT2D eigenvalue weighted by Gasteiger charge is -2.16. The van der Waals surface area contributed by atoms with E-state index in [9.17, 15) is 13.9 Å². The molecule has 7 nitrogen and oxygen atoms in total. The number of hydrogen-bond donors (Lipinski definition) is 3. The number of alkyl halides is 2. The predicted molar refractivity (Wildman–Crippen MR) is 131 cm³/mol. The van der Waals surface area contributed by atoms with Gasteiger partial charge in [-0.2, -0.15) is 8.78 Å². The summed E-state index contributed by atoms with van der Waals surface area (Å²) in [6.07, 6.45) is -0.779. The topological polar surface area (TPSA) is 84.3 Å². The van der Waals surface area contributed by atoms with Gasteiger partial charge in [0.15, 0.2) is 5.96 Å². The van der Waals surface area contributed by atoms with Crippen LogP contribution in [-0.4, -0.2) is 50.6 Å². The zero-order valence-electron chi connectivity index (χ0n) is 18.3. The third kappa shape index (κ3) is 9.86. The van der Waals surface area contributed by atoms with E-state index < -0.39 is 12.7 Å². The Balaban J connectivity index is 0.00000512. The molecule has 32 heavy (non-hydrogen) atoms. The van der Waals surface area contributed by atoms with E-state index in [0.717, 1.165) is 5.56 Å². The van der Waals surface area contributed by atoms with Crippen molar-refractivity contribution >= 4 is 29.9 Å². The lowest BCUT2D eigenvalue weighted by atomic mass is 10.2. The van der Waals surface area contributed by atoms with Crippen molar-refractivity contribution in [3.63, 3.8) is 0 Å². The second-order valence-electron chi connectivity index (χ2n) is 6.71. The first kappa shape index (κ1) is 27.7. The highest BCUT2D eigenvalue weighted by Gasteiger charge is 2.12. The molecule has 2 aromatic rings. The summed E-state index contributed by atoms with van der Waals surface area (Å²) in [4.78, 5) is 4.39. The molecule has 0 saturated heterocycles. The molecular formula is C22H30F2IN3O4. The van der Waals surface area contributed by atoms with Gasteiger partial charge in [0.2, 0.25) is 0 Å². The van der Waals surface area contributed by atoms with Crippen LogP contribution in [0.25, 0.3) is 0 Å². The molecule has 0 bridgehead atoms. The Morgan fingerprint density at radius 2 is 1.91 bits per heavy atom. The van der Waals surface area contributed by atoms with Gasteiger partial charge in [-0.25, -0.2) is 4.99 Å². The molecule has 0 spiro atoms. The lowest BCUT2D eigenvalue weighted by molar-refractivity contribution is -0.0504. The molecule has 0 aliphatic rings. The zero-order chi connectivity index (χ0) is 22.6. The normalized spacial score (nSPS) is 12.0. The van der Waals surface area contributed by atoms with Crippen LogP contribution >= 0.6 is 24.0 Å². The molecule has 0 aromatic heterocycles. The molecule has 0 aliphatic carbocycles. The van der Waals surface area contributed by atoms with Crippen molar-refractivity contribution in [2.24, 2.45) is 4.99 Å². The quantitative estimate of drug-likeness (QED) is 0.219. The van der Waals surface area contributed by atoms with Crippen LogP contribution in [-0.2, 0) is 6.54 Å². The Kier molecular flexibility index (Phi) is 12.7. The highest BCUT2D eigenvalue weighted by molar-refractivity contribution is 14.0. The molecule has 0 aliphatic heterocycles. The van der Waals surface area contributed by atoms with Gasteiger partial charge in [0.05, 0.1) is 13.7 Å². The van der Waals surface area contributed by atoms with Crippen molar-refractivity contribution in [3.8, 4) is 17.2 Å². The molecule has 0 saturated carbocycles. The van der Waals surface area contributed by atoms with Crippen LogP contribution in [0.3, 0.4) is 0 Å². The molecule has 0 fully saturated rings. The Bertz CT molecular complexity index is 856. The minimum absolute atomic E-state index is 0. The van der Waals surface area contributed by atoms with Gasteiger partial charge >= 0.3 is 6.61 Å². The maximum Gasteiger partial charge on any atom is 0.387 e. The van der Waals surface area contributed by atoms with Crippen LogP contribution < -0.4 is 24.8 Å². The maximum atomic E-state index is 12.7. The van der Waals surface area contributed by atoms with Crippen LogP contribution in [0.1, 0.15) is 18.1 Å². The first-order valence-corrected chi connectivity index (χ1v) is 9.92. The number of aliphatic hydroxyl groups is 1. The SMILES string of the molecule is CCNC(=NCc1cc(OC)ccc1OC(F)F)NCC(O)COc1cccc(C)c1.I. The fraction of sp³-hybridized carbons (Fsp3) is 0.409. The van der Waals surface area contributed by atoms with E-state index in [1.54, 1.807) is 12.1 Å². The van der Waals surface area contributed by atoms with E-state index in [4.69, 9.17) is 9.47 Å². The predicted octanol–water partition coefficient (Wildman–Crippen LogP) is 3.72. The average molecular weight is 565 g/mol. The van der Waals surface area contributed by atoms with Crippen LogP contribution in [0.5, 0.6) is 17.2 Å². The van der Waals surface area contributed by atoms with Gasteiger partial charge in [0.1, 0.15) is 30.0 Å². The first-order chi connectivity index (χ1) is 14.9. The fourth-order valence-corrected chi connectivity index (χ4v) is 2.69. The number of hydrogen-bond acceptors (Lipinski definition) is 5. The van der Waals surface area contributed by atoms with Gasteiger partial charge < -0.3 is 30.0 Å². The summed E-state index contributed by atoms with van der Waals surface area (Å²) in [7, 11) is 1.49. The van der Waals surface area contributed by atoms with Crippen LogP contribution in [0.15, 0.2) is 47.5 Å². The largest absolute Gasteiger partial charge is 0.497 e. The number of methoxy groups -OCH3 is 1. The number of nitrogens with one attached hydrogen (secondary N) is 2. The monoisotopic (exact) mass is 565 g/mol. The number of halogens is 3. The molecular weight excluding hydrogens is 535 g/mol. The van der Waals surface area contributed by atoms with Crippen LogP contribution in [0.4, 0.5) is 8.78 Å². The summed E-state index contributed by atoms with van der Waals surface area (Å²) in [6, 6.07) is 12.1. The van der Waals surface area contributed by atoms with Gasteiger partial charge in [-0.1, -0.05) is 12.1 Å². The Labute approximate surface area is 204 Å². The second-order valence-corrected chi connectivity index (χ2v) is 6.71.